The number of hydrogen-bond donors (Lipinski definition) is 2. The second-order valence-corrected chi connectivity index (χ2v) is 5.73. The van der Waals surface area contributed by atoms with Crippen molar-refractivity contribution in [1.29, 1.82) is 0 Å². The normalized spacial score (nSPS) is 16.9. The topological polar surface area (TPSA) is 53.6 Å². The SMILES string of the molecule is CO[C@@H]1CCN(c2ccc(NC(=O)Nc3ccc(F)cc3)cc2)C1. The molecule has 126 valence electrons. The molecule has 2 N–H and O–H groups in total. The summed E-state index contributed by atoms with van der Waals surface area (Å²) in [6, 6.07) is 12.9. The number of rotatable bonds is 4. The second-order valence-electron chi connectivity index (χ2n) is 5.73. The van der Waals surface area contributed by atoms with E-state index in [0.717, 1.165) is 25.2 Å². The number of urea groups is 1. The molecule has 5 nitrogen and oxygen atoms in total. The third-order valence-corrected chi connectivity index (χ3v) is 4.07. The number of methoxy groups -OCH3 is 1. The van der Waals surface area contributed by atoms with Gasteiger partial charge in [-0.3, -0.25) is 0 Å². The molecule has 0 aromatic heterocycles. The quantitative estimate of drug-likeness (QED) is 0.899. The molecule has 1 heterocycles. The average molecular weight is 329 g/mol. The molecular formula is C18H20FN3O2. The fraction of sp³-hybridized carbons (Fsp3) is 0.278. The Labute approximate surface area is 140 Å². The highest BCUT2D eigenvalue weighted by atomic mass is 19.1. The van der Waals surface area contributed by atoms with Gasteiger partial charge in [0.15, 0.2) is 0 Å². The highest BCUT2D eigenvalue weighted by molar-refractivity contribution is 5.99. The van der Waals surface area contributed by atoms with E-state index in [0.29, 0.717) is 11.4 Å². The third-order valence-electron chi connectivity index (χ3n) is 4.07. The van der Waals surface area contributed by atoms with Gasteiger partial charge in [0.2, 0.25) is 0 Å². The summed E-state index contributed by atoms with van der Waals surface area (Å²) in [7, 11) is 1.74. The van der Waals surface area contributed by atoms with Crippen molar-refractivity contribution in [2.45, 2.75) is 12.5 Å². The molecule has 0 radical (unpaired) electrons. The van der Waals surface area contributed by atoms with Crippen molar-refractivity contribution in [3.63, 3.8) is 0 Å². The van der Waals surface area contributed by atoms with E-state index in [1.54, 1.807) is 7.11 Å². The average Bonchev–Trinajstić information content (AvgIpc) is 3.07. The first-order valence-corrected chi connectivity index (χ1v) is 7.85. The van der Waals surface area contributed by atoms with Crippen LogP contribution in [0.15, 0.2) is 48.5 Å². The van der Waals surface area contributed by atoms with Gasteiger partial charge in [-0.25, -0.2) is 9.18 Å². The minimum Gasteiger partial charge on any atom is -0.380 e. The number of ether oxygens (including phenoxy) is 1. The molecular weight excluding hydrogens is 309 g/mol. The van der Waals surface area contributed by atoms with Crippen molar-refractivity contribution in [2.24, 2.45) is 0 Å². The van der Waals surface area contributed by atoms with Gasteiger partial charge >= 0.3 is 6.03 Å². The summed E-state index contributed by atoms with van der Waals surface area (Å²) in [4.78, 5) is 14.2. The Balaban J connectivity index is 1.56. The Morgan fingerprint density at radius 1 is 1.08 bits per heavy atom. The fourth-order valence-electron chi connectivity index (χ4n) is 2.74. The van der Waals surface area contributed by atoms with Gasteiger partial charge in [-0.1, -0.05) is 0 Å². The Morgan fingerprint density at radius 2 is 1.67 bits per heavy atom. The highest BCUT2D eigenvalue weighted by Crippen LogP contribution is 2.23. The van der Waals surface area contributed by atoms with Gasteiger partial charge in [0.25, 0.3) is 0 Å². The smallest absolute Gasteiger partial charge is 0.323 e. The summed E-state index contributed by atoms with van der Waals surface area (Å²) in [5.41, 5.74) is 2.34. The maximum absolute atomic E-state index is 12.8. The monoisotopic (exact) mass is 329 g/mol. The van der Waals surface area contributed by atoms with Gasteiger partial charge in [0, 0.05) is 37.3 Å². The minimum absolute atomic E-state index is 0.282. The fourth-order valence-corrected chi connectivity index (χ4v) is 2.74. The van der Waals surface area contributed by atoms with Crippen molar-refractivity contribution < 1.29 is 13.9 Å². The van der Waals surface area contributed by atoms with Crippen LogP contribution in [0.4, 0.5) is 26.2 Å². The van der Waals surface area contributed by atoms with Crippen LogP contribution in [0, 0.1) is 5.82 Å². The summed E-state index contributed by atoms with van der Waals surface area (Å²) >= 11 is 0. The number of anilines is 3. The lowest BCUT2D eigenvalue weighted by molar-refractivity contribution is 0.121. The molecule has 0 saturated carbocycles. The largest absolute Gasteiger partial charge is 0.380 e. The molecule has 24 heavy (non-hydrogen) atoms. The van der Waals surface area contributed by atoms with Crippen LogP contribution in [0.2, 0.25) is 0 Å². The zero-order valence-corrected chi connectivity index (χ0v) is 13.5. The number of benzene rings is 2. The first kappa shape index (κ1) is 16.3. The first-order valence-electron chi connectivity index (χ1n) is 7.85. The van der Waals surface area contributed by atoms with Gasteiger partial charge in [-0.05, 0) is 55.0 Å². The third kappa shape index (κ3) is 4.02. The lowest BCUT2D eigenvalue weighted by Gasteiger charge is -2.18. The van der Waals surface area contributed by atoms with Gasteiger partial charge in [-0.15, -0.1) is 0 Å². The van der Waals surface area contributed by atoms with Crippen LogP contribution in [0.25, 0.3) is 0 Å². The Kier molecular flexibility index (Phi) is 4.96. The highest BCUT2D eigenvalue weighted by Gasteiger charge is 2.22. The maximum Gasteiger partial charge on any atom is 0.323 e. The van der Waals surface area contributed by atoms with Gasteiger partial charge in [-0.2, -0.15) is 0 Å². The van der Waals surface area contributed by atoms with E-state index < -0.39 is 0 Å². The van der Waals surface area contributed by atoms with Gasteiger partial charge in [0.1, 0.15) is 5.82 Å². The number of nitrogens with one attached hydrogen (secondary N) is 2. The minimum atomic E-state index is -0.366. The summed E-state index contributed by atoms with van der Waals surface area (Å²) < 4.78 is 18.2. The standard InChI is InChI=1S/C18H20FN3O2/c1-24-17-10-11-22(12-17)16-8-6-15(7-9-16)21-18(23)20-14-4-2-13(19)3-5-14/h2-9,17H,10-12H2,1H3,(H2,20,21,23)/t17-/m1/s1. The van der Waals surface area contributed by atoms with Crippen molar-refractivity contribution in [2.75, 3.05) is 35.7 Å². The Morgan fingerprint density at radius 3 is 2.21 bits per heavy atom. The molecule has 1 aliphatic rings. The molecule has 1 atom stereocenters. The van der Waals surface area contributed by atoms with Crippen LogP contribution in [0.5, 0.6) is 0 Å². The molecule has 1 saturated heterocycles. The lowest BCUT2D eigenvalue weighted by Crippen LogP contribution is -2.22. The molecule has 0 aliphatic carbocycles. The molecule has 2 aromatic rings. The molecule has 3 rings (SSSR count). The Hall–Kier alpha value is -2.60. The summed E-state index contributed by atoms with van der Waals surface area (Å²) in [5, 5.41) is 5.41. The predicted molar refractivity (Wildman–Crippen MR) is 93.1 cm³/mol. The van der Waals surface area contributed by atoms with Crippen LogP contribution < -0.4 is 15.5 Å². The van der Waals surface area contributed by atoms with Crippen LogP contribution in [-0.2, 0) is 4.74 Å². The molecule has 1 aliphatic heterocycles. The number of hydrogen-bond acceptors (Lipinski definition) is 3. The number of halogens is 1. The van der Waals surface area contributed by atoms with Crippen LogP contribution in [0.3, 0.4) is 0 Å². The van der Waals surface area contributed by atoms with Crippen molar-refractivity contribution >= 4 is 23.1 Å². The van der Waals surface area contributed by atoms with E-state index in [2.05, 4.69) is 15.5 Å². The van der Waals surface area contributed by atoms with E-state index in [-0.39, 0.29) is 18.0 Å². The molecule has 2 amide bonds. The van der Waals surface area contributed by atoms with E-state index in [1.165, 1.54) is 24.3 Å². The van der Waals surface area contributed by atoms with Crippen molar-refractivity contribution in [1.82, 2.24) is 0 Å². The second kappa shape index (κ2) is 7.31. The van der Waals surface area contributed by atoms with E-state index in [1.807, 2.05) is 24.3 Å². The first-order chi connectivity index (χ1) is 11.6. The van der Waals surface area contributed by atoms with Crippen molar-refractivity contribution in [3.05, 3.63) is 54.3 Å². The summed E-state index contributed by atoms with van der Waals surface area (Å²) in [6.45, 7) is 1.85. The van der Waals surface area contributed by atoms with Crippen LogP contribution in [0.1, 0.15) is 6.42 Å². The van der Waals surface area contributed by atoms with E-state index in [4.69, 9.17) is 4.74 Å². The number of nitrogens with zero attached hydrogens (tertiary/aromatic N) is 1. The van der Waals surface area contributed by atoms with Crippen LogP contribution in [-0.4, -0.2) is 32.3 Å². The molecule has 0 spiro atoms. The maximum atomic E-state index is 12.8. The summed E-state index contributed by atoms with van der Waals surface area (Å²) in [5.74, 6) is -0.339. The zero-order chi connectivity index (χ0) is 16.9. The molecule has 2 aromatic carbocycles. The number of carbonyl (C=O) groups is 1. The molecule has 0 unspecified atom stereocenters. The predicted octanol–water partition coefficient (Wildman–Crippen LogP) is 3.69. The molecule has 1 fully saturated rings. The number of carbonyl (C=O) groups excluding carboxylic acids is 1. The van der Waals surface area contributed by atoms with Crippen molar-refractivity contribution in [3.8, 4) is 0 Å². The lowest BCUT2D eigenvalue weighted by atomic mass is 10.2. The number of amides is 2. The Bertz CT molecular complexity index is 688. The molecule has 6 heteroatoms. The zero-order valence-electron chi connectivity index (χ0n) is 13.5. The van der Waals surface area contributed by atoms with E-state index in [9.17, 15) is 9.18 Å². The van der Waals surface area contributed by atoms with Crippen LogP contribution >= 0.6 is 0 Å². The van der Waals surface area contributed by atoms with E-state index >= 15 is 0 Å². The summed E-state index contributed by atoms with van der Waals surface area (Å²) in [6.07, 6.45) is 1.31. The van der Waals surface area contributed by atoms with Gasteiger partial charge in [0.05, 0.1) is 6.10 Å². The van der Waals surface area contributed by atoms with Gasteiger partial charge < -0.3 is 20.3 Å². The molecule has 0 bridgehead atoms.